The molecule has 0 aliphatic carbocycles. The summed E-state index contributed by atoms with van der Waals surface area (Å²) in [4.78, 5) is 14.1. The van der Waals surface area contributed by atoms with Gasteiger partial charge in [-0.1, -0.05) is 28.9 Å². The van der Waals surface area contributed by atoms with Crippen molar-refractivity contribution < 1.29 is 22.5 Å². The van der Waals surface area contributed by atoms with Gasteiger partial charge in [-0.05, 0) is 50.1 Å². The van der Waals surface area contributed by atoms with Crippen LogP contribution in [0.15, 0.2) is 45.8 Å². The molecule has 10 heteroatoms. The lowest BCUT2D eigenvalue weighted by atomic mass is 10.1. The van der Waals surface area contributed by atoms with Gasteiger partial charge in [-0.3, -0.25) is 9.52 Å². The van der Waals surface area contributed by atoms with E-state index in [9.17, 15) is 13.2 Å². The van der Waals surface area contributed by atoms with E-state index in [-0.39, 0.29) is 28.9 Å². The maximum Gasteiger partial charge on any atom is 0.267 e. The van der Waals surface area contributed by atoms with E-state index in [1.54, 1.807) is 43.0 Å². The number of hydrogen-bond donors (Lipinski definition) is 1. The molecule has 1 amide bonds. The zero-order valence-electron chi connectivity index (χ0n) is 17.1. The lowest BCUT2D eigenvalue weighted by Crippen LogP contribution is -2.38. The Morgan fingerprint density at radius 1 is 1.16 bits per heavy atom. The minimum Gasteiger partial charge on any atom is -0.481 e. The van der Waals surface area contributed by atoms with Crippen molar-refractivity contribution in [1.82, 2.24) is 5.16 Å². The zero-order chi connectivity index (χ0) is 22.3. The molecule has 0 saturated heterocycles. The van der Waals surface area contributed by atoms with Crippen LogP contribution >= 0.6 is 11.6 Å². The smallest absolute Gasteiger partial charge is 0.267 e. The van der Waals surface area contributed by atoms with Gasteiger partial charge >= 0.3 is 0 Å². The Kier molecular flexibility index (Phi) is 5.40. The first-order valence-corrected chi connectivity index (χ1v) is 11.3. The fourth-order valence-electron chi connectivity index (χ4n) is 3.46. The molecule has 0 radical (unpaired) electrons. The second-order valence-electron chi connectivity index (χ2n) is 7.29. The number of carbonyl (C=O) groups excluding carboxylic acids is 1. The molecular formula is C21H20ClN3O5S. The molecule has 4 rings (SSSR count). The summed E-state index contributed by atoms with van der Waals surface area (Å²) in [6.45, 7) is 5.06. The van der Waals surface area contributed by atoms with E-state index in [0.29, 0.717) is 34.3 Å². The molecule has 8 nitrogen and oxygen atoms in total. The number of nitrogens with one attached hydrogen (secondary N) is 1. The number of hydrogen-bond acceptors (Lipinski definition) is 6. The third kappa shape index (κ3) is 4.11. The van der Waals surface area contributed by atoms with Gasteiger partial charge in [0.05, 0.1) is 17.9 Å². The molecule has 1 N–H and O–H groups in total. The summed E-state index contributed by atoms with van der Waals surface area (Å²) >= 11 is 5.95. The minimum absolute atomic E-state index is 0.00471. The summed E-state index contributed by atoms with van der Waals surface area (Å²) in [5.41, 5.74) is 2.74. The number of anilines is 2. The number of benzene rings is 2. The summed E-state index contributed by atoms with van der Waals surface area (Å²) in [5, 5.41) is 4.32. The van der Waals surface area contributed by atoms with Crippen LogP contribution in [0, 0.1) is 20.8 Å². The number of carbonyl (C=O) groups is 1. The number of rotatable bonds is 5. The Balaban J connectivity index is 1.67. The van der Waals surface area contributed by atoms with Crippen LogP contribution in [-0.4, -0.2) is 26.1 Å². The number of ether oxygens (including phenoxy) is 1. The normalized spacial score (nSPS) is 13.7. The van der Waals surface area contributed by atoms with Crippen LogP contribution in [0.1, 0.15) is 22.6 Å². The third-order valence-electron chi connectivity index (χ3n) is 4.98. The number of halogens is 1. The van der Waals surface area contributed by atoms with Crippen molar-refractivity contribution in [3.05, 3.63) is 64.0 Å². The highest BCUT2D eigenvalue weighted by molar-refractivity contribution is 7.92. The van der Waals surface area contributed by atoms with Crippen LogP contribution < -0.4 is 14.4 Å². The number of amides is 1. The maximum absolute atomic E-state index is 12.9. The highest BCUT2D eigenvalue weighted by atomic mass is 35.5. The van der Waals surface area contributed by atoms with E-state index >= 15 is 0 Å². The molecule has 0 saturated carbocycles. The van der Waals surface area contributed by atoms with Crippen molar-refractivity contribution >= 4 is 38.9 Å². The van der Waals surface area contributed by atoms with Crippen LogP contribution in [0.25, 0.3) is 0 Å². The van der Waals surface area contributed by atoms with Crippen molar-refractivity contribution in [2.24, 2.45) is 0 Å². The molecule has 3 aromatic rings. The van der Waals surface area contributed by atoms with Crippen molar-refractivity contribution in [2.75, 3.05) is 16.2 Å². The molecule has 2 heterocycles. The molecule has 2 aromatic carbocycles. The Morgan fingerprint density at radius 2 is 1.87 bits per heavy atom. The molecule has 0 atom stereocenters. The zero-order valence-corrected chi connectivity index (χ0v) is 18.7. The number of aryl methyl sites for hydroxylation is 3. The van der Waals surface area contributed by atoms with Crippen molar-refractivity contribution in [2.45, 2.75) is 32.2 Å². The molecule has 0 bridgehead atoms. The molecular weight excluding hydrogens is 442 g/mol. The SMILES string of the molecule is Cc1cc2c(cc1NS(=O)(=O)c1c(C)noc1C)OCC(=O)N2Cc1ccc(Cl)cc1. The predicted octanol–water partition coefficient (Wildman–Crippen LogP) is 3.98. The van der Waals surface area contributed by atoms with Crippen molar-refractivity contribution in [3.8, 4) is 5.75 Å². The van der Waals surface area contributed by atoms with Crippen LogP contribution in [-0.2, 0) is 21.4 Å². The van der Waals surface area contributed by atoms with E-state index in [2.05, 4.69) is 9.88 Å². The standard InChI is InChI=1S/C21H20ClN3O5S/c1-12-8-18-19(9-17(12)24-31(27,28)21-13(2)23-30-14(21)3)29-11-20(26)25(18)10-15-4-6-16(22)7-5-15/h4-9,24H,10-11H2,1-3H3. The van der Waals surface area contributed by atoms with Gasteiger partial charge in [0.2, 0.25) is 0 Å². The topological polar surface area (TPSA) is 102 Å². The molecule has 162 valence electrons. The van der Waals surface area contributed by atoms with E-state index < -0.39 is 10.0 Å². The Labute approximate surface area is 184 Å². The summed E-state index contributed by atoms with van der Waals surface area (Å²) < 4.78 is 38.9. The van der Waals surface area contributed by atoms with Gasteiger partial charge in [0.15, 0.2) is 17.3 Å². The van der Waals surface area contributed by atoms with Crippen LogP contribution in [0.2, 0.25) is 5.02 Å². The van der Waals surface area contributed by atoms with E-state index in [1.807, 2.05) is 12.1 Å². The van der Waals surface area contributed by atoms with Gasteiger partial charge in [-0.15, -0.1) is 0 Å². The quantitative estimate of drug-likeness (QED) is 0.616. The summed E-state index contributed by atoms with van der Waals surface area (Å²) in [6.07, 6.45) is 0. The van der Waals surface area contributed by atoms with E-state index in [1.165, 1.54) is 6.92 Å². The Bertz CT molecular complexity index is 1250. The van der Waals surface area contributed by atoms with E-state index in [0.717, 1.165) is 5.56 Å². The van der Waals surface area contributed by atoms with Gasteiger partial charge in [0, 0.05) is 11.1 Å². The number of nitrogens with zero attached hydrogens (tertiary/aromatic N) is 2. The first-order chi connectivity index (χ1) is 14.7. The molecule has 0 fully saturated rings. The first kappa shape index (κ1) is 21.2. The highest BCUT2D eigenvalue weighted by Gasteiger charge is 2.29. The van der Waals surface area contributed by atoms with Gasteiger partial charge in [0.25, 0.3) is 15.9 Å². The molecule has 0 unspecified atom stereocenters. The fraction of sp³-hybridized carbons (Fsp3) is 0.238. The molecule has 1 aromatic heterocycles. The van der Waals surface area contributed by atoms with Gasteiger partial charge < -0.3 is 14.2 Å². The van der Waals surface area contributed by atoms with Crippen LogP contribution in [0.5, 0.6) is 5.75 Å². The lowest BCUT2D eigenvalue weighted by molar-refractivity contribution is -0.121. The highest BCUT2D eigenvalue weighted by Crippen LogP contribution is 2.38. The first-order valence-electron chi connectivity index (χ1n) is 9.43. The van der Waals surface area contributed by atoms with Crippen LogP contribution in [0.3, 0.4) is 0 Å². The molecule has 1 aliphatic rings. The second kappa shape index (κ2) is 7.90. The van der Waals surface area contributed by atoms with Gasteiger partial charge in [0.1, 0.15) is 11.4 Å². The largest absolute Gasteiger partial charge is 0.481 e. The predicted molar refractivity (Wildman–Crippen MR) is 116 cm³/mol. The summed E-state index contributed by atoms with van der Waals surface area (Å²) in [7, 11) is -3.91. The third-order valence-corrected chi connectivity index (χ3v) is 6.84. The lowest BCUT2D eigenvalue weighted by Gasteiger charge is -2.30. The molecule has 31 heavy (non-hydrogen) atoms. The monoisotopic (exact) mass is 461 g/mol. The average Bonchev–Trinajstić information content (AvgIpc) is 3.05. The summed E-state index contributed by atoms with van der Waals surface area (Å²) in [5.74, 6) is 0.429. The van der Waals surface area contributed by atoms with Gasteiger partial charge in [-0.2, -0.15) is 0 Å². The van der Waals surface area contributed by atoms with Crippen molar-refractivity contribution in [3.63, 3.8) is 0 Å². The minimum atomic E-state index is -3.91. The Hall–Kier alpha value is -3.04. The average molecular weight is 462 g/mol. The van der Waals surface area contributed by atoms with Crippen LogP contribution in [0.4, 0.5) is 11.4 Å². The second-order valence-corrected chi connectivity index (χ2v) is 9.34. The van der Waals surface area contributed by atoms with E-state index in [4.69, 9.17) is 20.9 Å². The molecule has 0 spiro atoms. The maximum atomic E-state index is 12.9. The summed E-state index contributed by atoms with van der Waals surface area (Å²) in [6, 6.07) is 10.5. The molecule has 1 aliphatic heterocycles. The number of aromatic nitrogens is 1. The Morgan fingerprint density at radius 3 is 2.52 bits per heavy atom. The van der Waals surface area contributed by atoms with Crippen molar-refractivity contribution in [1.29, 1.82) is 0 Å². The number of sulfonamides is 1. The number of fused-ring (bicyclic) bond motifs is 1. The van der Waals surface area contributed by atoms with Gasteiger partial charge in [-0.25, -0.2) is 8.42 Å². The fourth-order valence-corrected chi connectivity index (χ4v) is 5.04.